The summed E-state index contributed by atoms with van der Waals surface area (Å²) in [7, 11) is 0. The van der Waals surface area contributed by atoms with E-state index in [1.807, 2.05) is 24.4 Å². The van der Waals surface area contributed by atoms with Crippen molar-refractivity contribution in [1.29, 1.82) is 0 Å². The molecule has 6 heteroatoms. The molecule has 1 aliphatic rings. The van der Waals surface area contributed by atoms with Crippen molar-refractivity contribution in [3.63, 3.8) is 0 Å². The quantitative estimate of drug-likeness (QED) is 0.326. The zero-order valence-electron chi connectivity index (χ0n) is 15.0. The van der Waals surface area contributed by atoms with Crippen LogP contribution in [0, 0.1) is 0 Å². The predicted octanol–water partition coefficient (Wildman–Crippen LogP) is 4.64. The summed E-state index contributed by atoms with van der Waals surface area (Å²) < 4.78 is 1.13. The Hall–Kier alpha value is -1.15. The summed E-state index contributed by atoms with van der Waals surface area (Å²) in [6, 6.07) is 14.7. The van der Waals surface area contributed by atoms with E-state index in [2.05, 4.69) is 67.7 Å². The van der Waals surface area contributed by atoms with Gasteiger partial charge >= 0.3 is 0 Å². The first-order valence-corrected chi connectivity index (χ1v) is 9.69. The summed E-state index contributed by atoms with van der Waals surface area (Å²) in [5.74, 6) is 0.858. The second-order valence-corrected chi connectivity index (χ2v) is 7.43. The van der Waals surface area contributed by atoms with Crippen molar-refractivity contribution in [1.82, 2.24) is 15.6 Å². The average molecular weight is 529 g/mol. The van der Waals surface area contributed by atoms with Gasteiger partial charge < -0.3 is 10.6 Å². The van der Waals surface area contributed by atoms with Gasteiger partial charge in [-0.3, -0.25) is 4.98 Å². The van der Waals surface area contributed by atoms with Crippen molar-refractivity contribution >= 4 is 45.9 Å². The summed E-state index contributed by atoms with van der Waals surface area (Å²) >= 11 is 3.53. The minimum atomic E-state index is 0. The first-order chi connectivity index (χ1) is 12.2. The van der Waals surface area contributed by atoms with Gasteiger partial charge in [0.25, 0.3) is 0 Å². The second-order valence-electron chi connectivity index (χ2n) is 6.51. The highest BCUT2D eigenvalue weighted by Crippen LogP contribution is 2.43. The van der Waals surface area contributed by atoms with Crippen LogP contribution in [0.3, 0.4) is 0 Å². The summed E-state index contributed by atoms with van der Waals surface area (Å²) in [5, 5.41) is 6.88. The van der Waals surface area contributed by atoms with Crippen LogP contribution < -0.4 is 10.6 Å². The highest BCUT2D eigenvalue weighted by molar-refractivity contribution is 14.0. The Bertz CT molecular complexity index is 700. The molecule has 1 aliphatic carbocycles. The Morgan fingerprint density at radius 3 is 2.50 bits per heavy atom. The minimum absolute atomic E-state index is 0. The summed E-state index contributed by atoms with van der Waals surface area (Å²) in [6.07, 6.45) is 5.55. The molecule has 4 nitrogen and oxygen atoms in total. The van der Waals surface area contributed by atoms with E-state index >= 15 is 0 Å². The van der Waals surface area contributed by atoms with Gasteiger partial charge in [-0.2, -0.15) is 0 Å². The van der Waals surface area contributed by atoms with E-state index in [1.54, 1.807) is 0 Å². The van der Waals surface area contributed by atoms with E-state index in [1.165, 1.54) is 24.8 Å². The average Bonchev–Trinajstić information content (AvgIpc) is 2.61. The lowest BCUT2D eigenvalue weighted by atomic mass is 9.64. The standard InChI is InChI=1S/C20H25BrN4.HI/c1-2-22-19(24-14-18-6-3-4-13-23-18)25-15-20(11-5-12-20)16-7-9-17(21)10-8-16;/h3-4,6-10,13H,2,5,11-12,14-15H2,1H3,(H2,22,24,25);1H. The van der Waals surface area contributed by atoms with Crippen molar-refractivity contribution in [2.45, 2.75) is 38.1 Å². The third-order valence-electron chi connectivity index (χ3n) is 4.83. The van der Waals surface area contributed by atoms with Gasteiger partial charge in [0.2, 0.25) is 0 Å². The molecule has 1 fully saturated rings. The number of benzene rings is 1. The maximum atomic E-state index is 4.68. The van der Waals surface area contributed by atoms with Crippen LogP contribution in [0.2, 0.25) is 0 Å². The number of nitrogens with zero attached hydrogens (tertiary/aromatic N) is 2. The lowest BCUT2D eigenvalue weighted by Crippen LogP contribution is -2.48. The highest BCUT2D eigenvalue weighted by Gasteiger charge is 2.38. The SMILES string of the molecule is CCNC(=NCc1ccccn1)NCC1(c2ccc(Br)cc2)CCC1.I. The van der Waals surface area contributed by atoms with E-state index in [0.29, 0.717) is 6.54 Å². The fraction of sp³-hybridized carbons (Fsp3) is 0.400. The highest BCUT2D eigenvalue weighted by atomic mass is 127. The van der Waals surface area contributed by atoms with Crippen molar-refractivity contribution in [2.75, 3.05) is 13.1 Å². The van der Waals surface area contributed by atoms with E-state index in [4.69, 9.17) is 0 Å². The monoisotopic (exact) mass is 528 g/mol. The first-order valence-electron chi connectivity index (χ1n) is 8.90. The molecule has 0 saturated heterocycles. The van der Waals surface area contributed by atoms with Gasteiger partial charge in [0.15, 0.2) is 5.96 Å². The topological polar surface area (TPSA) is 49.3 Å². The third kappa shape index (κ3) is 5.42. The number of aromatic nitrogens is 1. The van der Waals surface area contributed by atoms with E-state index < -0.39 is 0 Å². The Morgan fingerprint density at radius 1 is 1.15 bits per heavy atom. The molecule has 1 saturated carbocycles. The molecule has 0 atom stereocenters. The van der Waals surface area contributed by atoms with Crippen LogP contribution in [0.25, 0.3) is 0 Å². The maximum absolute atomic E-state index is 4.68. The molecule has 0 unspecified atom stereocenters. The van der Waals surface area contributed by atoms with Gasteiger partial charge in [0, 0.05) is 29.2 Å². The molecule has 2 aromatic rings. The van der Waals surface area contributed by atoms with Crippen molar-refractivity contribution < 1.29 is 0 Å². The van der Waals surface area contributed by atoms with Crippen LogP contribution in [0.1, 0.15) is 37.4 Å². The Morgan fingerprint density at radius 2 is 1.92 bits per heavy atom. The molecule has 0 amide bonds. The van der Waals surface area contributed by atoms with Crippen LogP contribution in [-0.4, -0.2) is 24.0 Å². The molecule has 3 rings (SSSR count). The molecule has 26 heavy (non-hydrogen) atoms. The zero-order valence-corrected chi connectivity index (χ0v) is 19.0. The number of aliphatic imine (C=N–C) groups is 1. The molecule has 1 aromatic carbocycles. The van der Waals surface area contributed by atoms with E-state index in [0.717, 1.165) is 29.2 Å². The molecule has 0 aliphatic heterocycles. The number of hydrogen-bond acceptors (Lipinski definition) is 2. The van der Waals surface area contributed by atoms with Crippen LogP contribution in [0.4, 0.5) is 0 Å². The van der Waals surface area contributed by atoms with Crippen LogP contribution >= 0.6 is 39.9 Å². The molecule has 0 bridgehead atoms. The molecule has 1 heterocycles. The number of guanidine groups is 1. The summed E-state index contributed by atoms with van der Waals surface area (Å²) in [5.41, 5.74) is 2.61. The smallest absolute Gasteiger partial charge is 0.191 e. The molecule has 140 valence electrons. The molecular weight excluding hydrogens is 503 g/mol. The van der Waals surface area contributed by atoms with E-state index in [9.17, 15) is 0 Å². The van der Waals surface area contributed by atoms with Gasteiger partial charge in [0.1, 0.15) is 0 Å². The van der Waals surface area contributed by atoms with Gasteiger partial charge in [0.05, 0.1) is 12.2 Å². The van der Waals surface area contributed by atoms with Gasteiger partial charge in [-0.25, -0.2) is 4.99 Å². The first kappa shape index (κ1) is 21.2. The number of nitrogens with one attached hydrogen (secondary N) is 2. The molecule has 0 radical (unpaired) electrons. The normalized spacial score (nSPS) is 15.5. The number of hydrogen-bond donors (Lipinski definition) is 2. The third-order valence-corrected chi connectivity index (χ3v) is 5.36. The fourth-order valence-corrected chi connectivity index (χ4v) is 3.49. The Balaban J connectivity index is 0.00000243. The van der Waals surface area contributed by atoms with Crippen molar-refractivity contribution in [3.05, 3.63) is 64.4 Å². The van der Waals surface area contributed by atoms with Gasteiger partial charge in [-0.05, 0) is 49.6 Å². The second kappa shape index (κ2) is 10.3. The molecule has 0 spiro atoms. The molecule has 2 N–H and O–H groups in total. The van der Waals surface area contributed by atoms with Gasteiger partial charge in [-0.15, -0.1) is 24.0 Å². The van der Waals surface area contributed by atoms with Crippen molar-refractivity contribution in [2.24, 2.45) is 4.99 Å². The fourth-order valence-electron chi connectivity index (χ4n) is 3.22. The van der Waals surface area contributed by atoms with Crippen LogP contribution in [0.5, 0.6) is 0 Å². The summed E-state index contributed by atoms with van der Waals surface area (Å²) in [6.45, 7) is 4.43. The van der Waals surface area contributed by atoms with Gasteiger partial charge in [-0.1, -0.05) is 40.5 Å². The Kier molecular flexibility index (Phi) is 8.34. The predicted molar refractivity (Wildman–Crippen MR) is 122 cm³/mol. The van der Waals surface area contributed by atoms with Crippen LogP contribution in [0.15, 0.2) is 58.1 Å². The Labute approximate surface area is 181 Å². The van der Waals surface area contributed by atoms with E-state index in [-0.39, 0.29) is 29.4 Å². The number of pyridine rings is 1. The zero-order chi connectivity index (χ0) is 17.5. The minimum Gasteiger partial charge on any atom is -0.357 e. The number of rotatable bonds is 6. The molecular formula is C20H26BrIN4. The summed E-state index contributed by atoms with van der Waals surface area (Å²) in [4.78, 5) is 9.01. The molecule has 1 aromatic heterocycles. The van der Waals surface area contributed by atoms with Crippen molar-refractivity contribution in [3.8, 4) is 0 Å². The largest absolute Gasteiger partial charge is 0.357 e. The van der Waals surface area contributed by atoms with Crippen LogP contribution in [-0.2, 0) is 12.0 Å². The maximum Gasteiger partial charge on any atom is 0.191 e. The lowest BCUT2D eigenvalue weighted by Gasteiger charge is -2.43. The lowest BCUT2D eigenvalue weighted by molar-refractivity contribution is 0.244. The number of halogens is 2.